The van der Waals surface area contributed by atoms with Gasteiger partial charge in [0.25, 0.3) is 0 Å². The van der Waals surface area contributed by atoms with Crippen LogP contribution in [0.15, 0.2) is 6.20 Å². The van der Waals surface area contributed by atoms with E-state index in [-0.39, 0.29) is 5.28 Å². The molecule has 5 heteroatoms. The van der Waals surface area contributed by atoms with E-state index in [0.29, 0.717) is 17.9 Å². The van der Waals surface area contributed by atoms with Crippen LogP contribution in [0, 0.1) is 0 Å². The minimum atomic E-state index is 0.171. The SMILES string of the molecule is Clc1ncc(COC2CCCC2)c(Cl)n1. The summed E-state index contributed by atoms with van der Waals surface area (Å²) in [5.74, 6) is 0. The van der Waals surface area contributed by atoms with Crippen LogP contribution < -0.4 is 0 Å². The maximum absolute atomic E-state index is 5.90. The molecule has 1 aromatic rings. The van der Waals surface area contributed by atoms with Crippen molar-refractivity contribution in [2.75, 3.05) is 0 Å². The Kier molecular flexibility index (Phi) is 3.78. The molecule has 0 N–H and O–H groups in total. The minimum Gasteiger partial charge on any atom is -0.373 e. The Morgan fingerprint density at radius 2 is 2.07 bits per heavy atom. The first-order valence-corrected chi connectivity index (χ1v) is 5.80. The lowest BCUT2D eigenvalue weighted by molar-refractivity contribution is 0.0454. The van der Waals surface area contributed by atoms with Gasteiger partial charge < -0.3 is 4.74 Å². The maximum Gasteiger partial charge on any atom is 0.223 e. The quantitative estimate of drug-likeness (QED) is 0.607. The number of nitrogens with zero attached hydrogens (tertiary/aromatic N) is 2. The number of ether oxygens (including phenoxy) is 1. The van der Waals surface area contributed by atoms with Gasteiger partial charge in [0.05, 0.1) is 12.7 Å². The summed E-state index contributed by atoms with van der Waals surface area (Å²) in [5.41, 5.74) is 0.799. The van der Waals surface area contributed by atoms with Crippen LogP contribution in [0.3, 0.4) is 0 Å². The molecule has 0 saturated heterocycles. The molecule has 2 rings (SSSR count). The topological polar surface area (TPSA) is 35.0 Å². The molecule has 0 aromatic carbocycles. The molecular formula is C10H12Cl2N2O. The zero-order chi connectivity index (χ0) is 10.7. The molecule has 0 aliphatic heterocycles. The van der Waals surface area contributed by atoms with Crippen LogP contribution in [-0.2, 0) is 11.3 Å². The number of rotatable bonds is 3. The highest BCUT2D eigenvalue weighted by Gasteiger charge is 2.16. The smallest absolute Gasteiger partial charge is 0.223 e. The molecule has 0 unspecified atom stereocenters. The van der Waals surface area contributed by atoms with E-state index in [2.05, 4.69) is 9.97 Å². The van der Waals surface area contributed by atoms with Crippen molar-refractivity contribution in [1.82, 2.24) is 9.97 Å². The third-order valence-electron chi connectivity index (χ3n) is 2.56. The summed E-state index contributed by atoms with van der Waals surface area (Å²) in [4.78, 5) is 7.73. The number of hydrogen-bond acceptors (Lipinski definition) is 3. The second kappa shape index (κ2) is 5.10. The first-order valence-electron chi connectivity index (χ1n) is 5.04. The standard InChI is InChI=1S/C10H12Cl2N2O/c11-9-7(5-13-10(12)14-9)6-15-8-3-1-2-4-8/h5,8H,1-4,6H2. The van der Waals surface area contributed by atoms with E-state index in [1.54, 1.807) is 6.20 Å². The van der Waals surface area contributed by atoms with E-state index in [0.717, 1.165) is 18.4 Å². The van der Waals surface area contributed by atoms with Gasteiger partial charge in [0.1, 0.15) is 5.15 Å². The van der Waals surface area contributed by atoms with Crippen molar-refractivity contribution < 1.29 is 4.74 Å². The molecule has 1 heterocycles. The molecule has 0 radical (unpaired) electrons. The predicted molar refractivity (Wildman–Crippen MR) is 59.1 cm³/mol. The van der Waals surface area contributed by atoms with E-state index >= 15 is 0 Å². The van der Waals surface area contributed by atoms with Crippen LogP contribution in [0.5, 0.6) is 0 Å². The lowest BCUT2D eigenvalue weighted by Crippen LogP contribution is -2.08. The van der Waals surface area contributed by atoms with Crippen LogP contribution in [0.2, 0.25) is 10.4 Å². The molecule has 3 nitrogen and oxygen atoms in total. The zero-order valence-corrected chi connectivity index (χ0v) is 9.76. The second-order valence-corrected chi connectivity index (χ2v) is 4.37. The molecule has 1 aliphatic carbocycles. The van der Waals surface area contributed by atoms with E-state index < -0.39 is 0 Å². The Labute approximate surface area is 98.8 Å². The summed E-state index contributed by atoms with van der Waals surface area (Å²) in [5, 5.41) is 0.553. The van der Waals surface area contributed by atoms with Gasteiger partial charge in [-0.05, 0) is 24.4 Å². The molecule has 1 saturated carbocycles. The molecular weight excluding hydrogens is 235 g/mol. The average Bonchev–Trinajstić information content (AvgIpc) is 2.69. The van der Waals surface area contributed by atoms with Crippen LogP contribution in [-0.4, -0.2) is 16.1 Å². The summed E-state index contributed by atoms with van der Waals surface area (Å²) >= 11 is 11.5. The van der Waals surface area contributed by atoms with Gasteiger partial charge in [-0.1, -0.05) is 24.4 Å². The highest BCUT2D eigenvalue weighted by atomic mass is 35.5. The van der Waals surface area contributed by atoms with Gasteiger partial charge in [-0.15, -0.1) is 0 Å². The van der Waals surface area contributed by atoms with Gasteiger partial charge in [0, 0.05) is 11.8 Å². The van der Waals surface area contributed by atoms with Gasteiger partial charge in [-0.3, -0.25) is 0 Å². The van der Waals surface area contributed by atoms with Crippen molar-refractivity contribution in [3.63, 3.8) is 0 Å². The van der Waals surface area contributed by atoms with E-state index in [9.17, 15) is 0 Å². The van der Waals surface area contributed by atoms with Crippen molar-refractivity contribution in [1.29, 1.82) is 0 Å². The summed E-state index contributed by atoms with van der Waals surface area (Å²) < 4.78 is 5.70. The highest BCUT2D eigenvalue weighted by molar-refractivity contribution is 6.32. The summed E-state index contributed by atoms with van der Waals surface area (Å²) in [6, 6.07) is 0. The van der Waals surface area contributed by atoms with E-state index in [4.69, 9.17) is 27.9 Å². The van der Waals surface area contributed by atoms with Gasteiger partial charge in [0.15, 0.2) is 0 Å². The predicted octanol–water partition coefficient (Wildman–Crippen LogP) is 3.24. The summed E-state index contributed by atoms with van der Waals surface area (Å²) in [7, 11) is 0. The first-order chi connectivity index (χ1) is 7.25. The molecule has 0 spiro atoms. The van der Waals surface area contributed by atoms with Gasteiger partial charge in [-0.2, -0.15) is 0 Å². The number of aromatic nitrogens is 2. The molecule has 0 bridgehead atoms. The monoisotopic (exact) mass is 246 g/mol. The van der Waals surface area contributed by atoms with Crippen molar-refractivity contribution in [2.45, 2.75) is 38.4 Å². The number of halogens is 2. The van der Waals surface area contributed by atoms with Crippen molar-refractivity contribution >= 4 is 23.2 Å². The Morgan fingerprint density at radius 3 is 2.73 bits per heavy atom. The lowest BCUT2D eigenvalue weighted by atomic mass is 10.3. The summed E-state index contributed by atoms with van der Waals surface area (Å²) in [6.07, 6.45) is 6.80. The molecule has 0 amide bonds. The Bertz CT molecular complexity index is 340. The largest absolute Gasteiger partial charge is 0.373 e. The molecule has 0 atom stereocenters. The van der Waals surface area contributed by atoms with Crippen molar-refractivity contribution in [2.24, 2.45) is 0 Å². The molecule has 15 heavy (non-hydrogen) atoms. The van der Waals surface area contributed by atoms with Crippen LogP contribution in [0.4, 0.5) is 0 Å². The van der Waals surface area contributed by atoms with E-state index in [1.165, 1.54) is 12.8 Å². The fourth-order valence-electron chi connectivity index (χ4n) is 1.73. The number of hydrogen-bond donors (Lipinski definition) is 0. The third-order valence-corrected chi connectivity index (χ3v) is 3.07. The summed E-state index contributed by atoms with van der Waals surface area (Å²) in [6.45, 7) is 0.473. The zero-order valence-electron chi connectivity index (χ0n) is 8.25. The van der Waals surface area contributed by atoms with Gasteiger partial charge in [-0.25, -0.2) is 9.97 Å². The molecule has 1 aromatic heterocycles. The normalized spacial score (nSPS) is 17.2. The van der Waals surface area contributed by atoms with Crippen LogP contribution in [0.25, 0.3) is 0 Å². The van der Waals surface area contributed by atoms with Crippen LogP contribution in [0.1, 0.15) is 31.2 Å². The molecule has 82 valence electrons. The average molecular weight is 247 g/mol. The third kappa shape index (κ3) is 3.03. The fraction of sp³-hybridized carbons (Fsp3) is 0.600. The maximum atomic E-state index is 5.90. The Hall–Kier alpha value is -0.380. The van der Waals surface area contributed by atoms with Gasteiger partial charge >= 0.3 is 0 Å². The minimum absolute atomic E-state index is 0.171. The molecule has 1 aliphatic rings. The van der Waals surface area contributed by atoms with Crippen LogP contribution >= 0.6 is 23.2 Å². The van der Waals surface area contributed by atoms with Crippen molar-refractivity contribution in [3.05, 3.63) is 22.2 Å². The second-order valence-electron chi connectivity index (χ2n) is 3.67. The lowest BCUT2D eigenvalue weighted by Gasteiger charge is -2.11. The Balaban J connectivity index is 1.92. The fourth-order valence-corrected chi connectivity index (χ4v) is 2.09. The molecule has 1 fully saturated rings. The first kappa shape index (κ1) is 11.1. The highest BCUT2D eigenvalue weighted by Crippen LogP contribution is 2.23. The van der Waals surface area contributed by atoms with E-state index in [1.807, 2.05) is 0 Å². The van der Waals surface area contributed by atoms with Crippen molar-refractivity contribution in [3.8, 4) is 0 Å². The Morgan fingerprint density at radius 1 is 1.33 bits per heavy atom. The van der Waals surface area contributed by atoms with Gasteiger partial charge in [0.2, 0.25) is 5.28 Å².